The van der Waals surface area contributed by atoms with Crippen molar-refractivity contribution >= 4 is 5.97 Å². The van der Waals surface area contributed by atoms with Crippen LogP contribution in [-0.2, 0) is 4.79 Å². The molecule has 1 atom stereocenters. The zero-order valence-corrected chi connectivity index (χ0v) is 12.3. The molecule has 1 aromatic carbocycles. The fourth-order valence-corrected chi connectivity index (χ4v) is 1.91. The molecule has 0 fully saturated rings. The van der Waals surface area contributed by atoms with Gasteiger partial charge in [-0.3, -0.25) is 10.1 Å². The summed E-state index contributed by atoms with van der Waals surface area (Å²) in [5, 5.41) is 12.1. The molecule has 0 saturated carbocycles. The van der Waals surface area contributed by atoms with Crippen LogP contribution in [0.4, 0.5) is 0 Å². The molecule has 106 valence electrons. The fraction of sp³-hybridized carbons (Fsp3) is 0.533. The second kappa shape index (κ2) is 6.57. The van der Waals surface area contributed by atoms with Gasteiger partial charge in [-0.15, -0.1) is 0 Å². The Morgan fingerprint density at radius 3 is 2.37 bits per heavy atom. The van der Waals surface area contributed by atoms with Crippen molar-refractivity contribution in [2.45, 2.75) is 46.7 Å². The molecule has 0 amide bonds. The molecule has 0 heterocycles. The highest BCUT2D eigenvalue weighted by Gasteiger charge is 2.19. The highest BCUT2D eigenvalue weighted by atomic mass is 16.5. The first kappa shape index (κ1) is 15.5. The third-order valence-corrected chi connectivity index (χ3v) is 3.10. The molecule has 0 bridgehead atoms. The molecule has 1 unspecified atom stereocenters. The van der Waals surface area contributed by atoms with Crippen LogP contribution < -0.4 is 10.1 Å². The van der Waals surface area contributed by atoms with Crippen molar-refractivity contribution in [2.24, 2.45) is 0 Å². The molecule has 0 spiro atoms. The highest BCUT2D eigenvalue weighted by molar-refractivity contribution is 5.73. The molecule has 0 saturated heterocycles. The molecule has 1 aromatic rings. The number of hydrogen-bond acceptors (Lipinski definition) is 3. The van der Waals surface area contributed by atoms with Crippen molar-refractivity contribution in [1.29, 1.82) is 0 Å². The van der Waals surface area contributed by atoms with E-state index < -0.39 is 12.0 Å². The van der Waals surface area contributed by atoms with E-state index in [2.05, 4.69) is 5.32 Å². The first-order chi connectivity index (χ1) is 8.82. The monoisotopic (exact) mass is 265 g/mol. The quantitative estimate of drug-likeness (QED) is 0.829. The van der Waals surface area contributed by atoms with Crippen molar-refractivity contribution < 1.29 is 14.6 Å². The van der Waals surface area contributed by atoms with Gasteiger partial charge in [0.05, 0.1) is 0 Å². The fourth-order valence-electron chi connectivity index (χ4n) is 1.91. The van der Waals surface area contributed by atoms with Gasteiger partial charge in [-0.05, 0) is 37.5 Å². The number of hydrogen-bond donors (Lipinski definition) is 2. The van der Waals surface area contributed by atoms with Crippen LogP contribution in [-0.4, -0.2) is 29.8 Å². The van der Waals surface area contributed by atoms with E-state index in [0.717, 1.165) is 22.4 Å². The van der Waals surface area contributed by atoms with Crippen molar-refractivity contribution in [3.05, 3.63) is 28.8 Å². The third-order valence-electron chi connectivity index (χ3n) is 3.10. The van der Waals surface area contributed by atoms with Crippen LogP contribution in [0.25, 0.3) is 0 Å². The average molecular weight is 265 g/mol. The van der Waals surface area contributed by atoms with E-state index in [0.29, 0.717) is 0 Å². The summed E-state index contributed by atoms with van der Waals surface area (Å²) in [6.45, 7) is 9.93. The van der Waals surface area contributed by atoms with Gasteiger partial charge in [0.15, 0.2) is 0 Å². The van der Waals surface area contributed by atoms with Gasteiger partial charge in [0.1, 0.15) is 18.4 Å². The predicted molar refractivity (Wildman–Crippen MR) is 75.8 cm³/mol. The van der Waals surface area contributed by atoms with Crippen LogP contribution in [0.5, 0.6) is 5.75 Å². The molecule has 0 aliphatic heterocycles. The van der Waals surface area contributed by atoms with Crippen LogP contribution >= 0.6 is 0 Å². The van der Waals surface area contributed by atoms with Crippen LogP contribution in [0, 0.1) is 20.8 Å². The summed E-state index contributed by atoms with van der Waals surface area (Å²) < 4.78 is 5.73. The van der Waals surface area contributed by atoms with Gasteiger partial charge >= 0.3 is 5.97 Å². The van der Waals surface area contributed by atoms with Gasteiger partial charge in [0.2, 0.25) is 0 Å². The SMILES string of the molecule is Cc1ccc(C)c(OCC(NC(C)C)C(=O)O)c1C. The normalized spacial score (nSPS) is 12.5. The molecule has 2 N–H and O–H groups in total. The summed E-state index contributed by atoms with van der Waals surface area (Å²) in [5.74, 6) is -0.103. The van der Waals surface area contributed by atoms with Crippen molar-refractivity contribution in [2.75, 3.05) is 6.61 Å². The maximum absolute atomic E-state index is 11.2. The van der Waals surface area contributed by atoms with Crippen LogP contribution in [0.2, 0.25) is 0 Å². The van der Waals surface area contributed by atoms with Gasteiger partial charge in [0.25, 0.3) is 0 Å². The lowest BCUT2D eigenvalue weighted by atomic mass is 10.1. The first-order valence-electron chi connectivity index (χ1n) is 6.51. The van der Waals surface area contributed by atoms with E-state index in [1.807, 2.05) is 46.8 Å². The van der Waals surface area contributed by atoms with Crippen LogP contribution in [0.15, 0.2) is 12.1 Å². The zero-order chi connectivity index (χ0) is 14.6. The molecule has 4 heteroatoms. The summed E-state index contributed by atoms with van der Waals surface area (Å²) in [4.78, 5) is 11.2. The number of rotatable bonds is 6. The van der Waals surface area contributed by atoms with Crippen molar-refractivity contribution in [1.82, 2.24) is 5.32 Å². The second-order valence-electron chi connectivity index (χ2n) is 5.18. The highest BCUT2D eigenvalue weighted by Crippen LogP contribution is 2.25. The average Bonchev–Trinajstić information content (AvgIpc) is 2.32. The van der Waals surface area contributed by atoms with E-state index in [1.165, 1.54) is 0 Å². The molecule has 1 rings (SSSR count). The summed E-state index contributed by atoms with van der Waals surface area (Å²) >= 11 is 0. The Balaban J connectivity index is 2.80. The van der Waals surface area contributed by atoms with Gasteiger partial charge in [0, 0.05) is 6.04 Å². The number of aliphatic carboxylic acids is 1. The summed E-state index contributed by atoms with van der Waals surface area (Å²) in [7, 11) is 0. The largest absolute Gasteiger partial charge is 0.491 e. The van der Waals surface area contributed by atoms with Gasteiger partial charge in [-0.25, -0.2) is 0 Å². The third kappa shape index (κ3) is 4.24. The van der Waals surface area contributed by atoms with Crippen molar-refractivity contribution in [3.63, 3.8) is 0 Å². The number of carbonyl (C=O) groups is 1. The Kier molecular flexibility index (Phi) is 5.36. The van der Waals surface area contributed by atoms with Gasteiger partial charge in [-0.2, -0.15) is 0 Å². The van der Waals surface area contributed by atoms with E-state index >= 15 is 0 Å². The topological polar surface area (TPSA) is 58.6 Å². The minimum atomic E-state index is -0.892. The lowest BCUT2D eigenvalue weighted by molar-refractivity contribution is -0.140. The standard InChI is InChI=1S/C15H23NO3/c1-9(2)16-13(15(17)18)8-19-14-11(4)7-6-10(3)12(14)5/h6-7,9,13,16H,8H2,1-5H3,(H,17,18). The molecule has 0 radical (unpaired) electrons. The van der Waals surface area contributed by atoms with Gasteiger partial charge < -0.3 is 9.84 Å². The van der Waals surface area contributed by atoms with Crippen LogP contribution in [0.1, 0.15) is 30.5 Å². The Morgan fingerprint density at radius 1 is 1.26 bits per heavy atom. The molecule has 0 aliphatic rings. The molecular formula is C15H23NO3. The Hall–Kier alpha value is -1.55. The molecule has 0 aromatic heterocycles. The molecular weight excluding hydrogens is 242 g/mol. The number of benzene rings is 1. The summed E-state index contributed by atoms with van der Waals surface area (Å²) in [5.41, 5.74) is 3.23. The van der Waals surface area contributed by atoms with E-state index in [1.54, 1.807) is 0 Å². The number of ether oxygens (including phenoxy) is 1. The lowest BCUT2D eigenvalue weighted by Gasteiger charge is -2.20. The summed E-state index contributed by atoms with van der Waals surface area (Å²) in [6, 6.07) is 3.44. The smallest absolute Gasteiger partial charge is 0.324 e. The zero-order valence-electron chi connectivity index (χ0n) is 12.3. The lowest BCUT2D eigenvalue weighted by Crippen LogP contribution is -2.44. The minimum Gasteiger partial charge on any atom is -0.491 e. The van der Waals surface area contributed by atoms with Crippen molar-refractivity contribution in [3.8, 4) is 5.75 Å². The Labute approximate surface area is 114 Å². The first-order valence-corrected chi connectivity index (χ1v) is 6.51. The minimum absolute atomic E-state index is 0.101. The van der Waals surface area contributed by atoms with E-state index in [-0.39, 0.29) is 12.6 Å². The van der Waals surface area contributed by atoms with E-state index in [4.69, 9.17) is 9.84 Å². The molecule has 0 aliphatic carbocycles. The number of carboxylic acid groups (broad SMARTS) is 1. The van der Waals surface area contributed by atoms with Gasteiger partial charge in [-0.1, -0.05) is 26.0 Å². The number of aryl methyl sites for hydroxylation is 2. The van der Waals surface area contributed by atoms with Crippen LogP contribution in [0.3, 0.4) is 0 Å². The second-order valence-corrected chi connectivity index (χ2v) is 5.18. The maximum atomic E-state index is 11.2. The number of carboxylic acids is 1. The molecule has 4 nitrogen and oxygen atoms in total. The summed E-state index contributed by atoms with van der Waals surface area (Å²) in [6.07, 6.45) is 0. The van der Waals surface area contributed by atoms with E-state index in [9.17, 15) is 4.79 Å². The maximum Gasteiger partial charge on any atom is 0.324 e. The predicted octanol–water partition coefficient (Wildman–Crippen LogP) is 2.44. The Bertz CT molecular complexity index is 455. The number of nitrogens with one attached hydrogen (secondary N) is 1. The molecule has 19 heavy (non-hydrogen) atoms. The Morgan fingerprint density at radius 2 is 1.84 bits per heavy atom.